The van der Waals surface area contributed by atoms with Crippen LogP contribution in [0.5, 0.6) is 11.5 Å². The summed E-state index contributed by atoms with van der Waals surface area (Å²) in [5, 5.41) is 0. The molecule has 1 aliphatic heterocycles. The quantitative estimate of drug-likeness (QED) is 0.373. The molecule has 0 fully saturated rings. The number of anilines is 1. The summed E-state index contributed by atoms with van der Waals surface area (Å²) in [6, 6.07) is 17.5. The molecule has 0 spiro atoms. The minimum absolute atomic E-state index is 0.0983. The number of thiazole rings is 1. The lowest BCUT2D eigenvalue weighted by Crippen LogP contribution is -2.22. The summed E-state index contributed by atoms with van der Waals surface area (Å²) in [6.45, 7) is 0.658. The number of amides is 1. The van der Waals surface area contributed by atoms with Gasteiger partial charge in [-0.25, -0.2) is 8.42 Å². The van der Waals surface area contributed by atoms with E-state index in [-0.39, 0.29) is 27.5 Å². The van der Waals surface area contributed by atoms with Gasteiger partial charge in [0.2, 0.25) is 0 Å². The van der Waals surface area contributed by atoms with Gasteiger partial charge in [-0.2, -0.15) is 4.99 Å². The smallest absolute Gasteiger partial charge is 0.325 e. The molecule has 0 unspecified atom stereocenters. The number of sulfonamides is 1. The van der Waals surface area contributed by atoms with Crippen LogP contribution in [0.25, 0.3) is 10.2 Å². The first-order valence-electron chi connectivity index (χ1n) is 11.1. The number of nitrogens with one attached hydrogen (secondary N) is 1. The number of esters is 1. The average molecular weight is 540 g/mol. The summed E-state index contributed by atoms with van der Waals surface area (Å²) in [5.74, 6) is -0.0167. The van der Waals surface area contributed by atoms with Gasteiger partial charge >= 0.3 is 5.97 Å². The lowest BCUT2D eigenvalue weighted by molar-refractivity contribution is -0.141. The summed E-state index contributed by atoms with van der Waals surface area (Å²) in [7, 11) is -2.55. The van der Waals surface area contributed by atoms with Crippen LogP contribution in [0.2, 0.25) is 0 Å². The van der Waals surface area contributed by atoms with E-state index in [4.69, 9.17) is 14.2 Å². The Bertz CT molecular complexity index is 1680. The fourth-order valence-electron chi connectivity index (χ4n) is 3.72. The predicted molar refractivity (Wildman–Crippen MR) is 136 cm³/mol. The molecule has 3 aromatic carbocycles. The molecule has 0 atom stereocenters. The molecule has 0 radical (unpaired) electrons. The van der Waals surface area contributed by atoms with Crippen molar-refractivity contribution in [1.82, 2.24) is 4.57 Å². The fourth-order valence-corrected chi connectivity index (χ4v) is 5.83. The van der Waals surface area contributed by atoms with Crippen LogP contribution < -0.4 is 19.0 Å². The zero-order chi connectivity index (χ0) is 26.0. The van der Waals surface area contributed by atoms with E-state index in [2.05, 4.69) is 9.71 Å². The number of nitrogens with zero attached hydrogens (tertiary/aromatic N) is 2. The zero-order valence-electron chi connectivity index (χ0n) is 19.5. The second-order valence-electron chi connectivity index (χ2n) is 7.93. The minimum atomic E-state index is -3.83. The van der Waals surface area contributed by atoms with E-state index < -0.39 is 21.9 Å². The van der Waals surface area contributed by atoms with E-state index in [1.165, 1.54) is 42.7 Å². The van der Waals surface area contributed by atoms with Crippen molar-refractivity contribution in [2.75, 3.05) is 25.0 Å². The lowest BCUT2D eigenvalue weighted by atomic mass is 10.2. The number of ether oxygens (including phenoxy) is 3. The van der Waals surface area contributed by atoms with Crippen molar-refractivity contribution in [3.05, 3.63) is 77.1 Å². The molecule has 1 N–H and O–H groups in total. The van der Waals surface area contributed by atoms with Gasteiger partial charge in [-0.1, -0.05) is 35.6 Å². The van der Waals surface area contributed by atoms with E-state index in [1.54, 1.807) is 47.0 Å². The maximum atomic E-state index is 13.1. The maximum absolute atomic E-state index is 13.1. The number of aromatic nitrogens is 1. The van der Waals surface area contributed by atoms with E-state index in [9.17, 15) is 18.0 Å². The van der Waals surface area contributed by atoms with Gasteiger partial charge in [0.25, 0.3) is 15.9 Å². The largest absolute Gasteiger partial charge is 0.486 e. The molecule has 10 nitrogen and oxygen atoms in total. The molecular weight excluding hydrogens is 518 g/mol. The summed E-state index contributed by atoms with van der Waals surface area (Å²) in [5.41, 5.74) is 1.02. The standard InChI is InChI=1S/C25H21N3O7S2/c1-33-23(29)15-28-19-13-20-21(35-11-10-34-20)14-22(19)36-25(28)26-24(30)16-6-5-7-17(12-16)27-37(31,32)18-8-3-2-4-9-18/h2-9,12-14,27H,10-11,15H2,1H3. The third-order valence-corrected chi connectivity index (χ3v) is 7.91. The molecule has 1 amide bonds. The van der Waals surface area contributed by atoms with Gasteiger partial charge < -0.3 is 18.8 Å². The number of methoxy groups -OCH3 is 1. The fraction of sp³-hybridized carbons (Fsp3) is 0.160. The minimum Gasteiger partial charge on any atom is -0.486 e. The summed E-state index contributed by atoms with van der Waals surface area (Å²) in [4.78, 5) is 29.9. The average Bonchev–Trinajstić information content (AvgIpc) is 3.22. The van der Waals surface area contributed by atoms with Crippen LogP contribution in [0.3, 0.4) is 0 Å². The molecular formula is C25H21N3O7S2. The second-order valence-corrected chi connectivity index (χ2v) is 10.6. The Morgan fingerprint density at radius 2 is 1.76 bits per heavy atom. The molecule has 0 saturated heterocycles. The summed E-state index contributed by atoms with van der Waals surface area (Å²) in [6.07, 6.45) is 0. The summed E-state index contributed by atoms with van der Waals surface area (Å²) < 4.78 is 46.3. The number of fused-ring (bicyclic) bond motifs is 2. The lowest BCUT2D eigenvalue weighted by Gasteiger charge is -2.18. The number of benzene rings is 3. The van der Waals surface area contributed by atoms with Crippen LogP contribution in [0.4, 0.5) is 5.69 Å². The molecule has 12 heteroatoms. The zero-order valence-corrected chi connectivity index (χ0v) is 21.2. The molecule has 2 heterocycles. The molecule has 4 aromatic rings. The number of hydrogen-bond acceptors (Lipinski definition) is 8. The van der Waals surface area contributed by atoms with Crippen LogP contribution in [-0.4, -0.2) is 45.2 Å². The van der Waals surface area contributed by atoms with Crippen molar-refractivity contribution in [3.8, 4) is 11.5 Å². The second kappa shape index (κ2) is 10.1. The first-order chi connectivity index (χ1) is 17.8. The molecule has 190 valence electrons. The van der Waals surface area contributed by atoms with Crippen molar-refractivity contribution in [2.45, 2.75) is 11.4 Å². The topological polar surface area (TPSA) is 125 Å². The van der Waals surface area contributed by atoms with E-state index in [0.717, 1.165) is 4.70 Å². The van der Waals surface area contributed by atoms with Crippen LogP contribution in [-0.2, 0) is 26.1 Å². The number of hydrogen-bond donors (Lipinski definition) is 1. The third-order valence-electron chi connectivity index (χ3n) is 5.47. The van der Waals surface area contributed by atoms with Crippen molar-refractivity contribution in [1.29, 1.82) is 0 Å². The Labute approximate surface area is 215 Å². The first kappa shape index (κ1) is 24.5. The van der Waals surface area contributed by atoms with Gasteiger partial charge in [-0.3, -0.25) is 14.3 Å². The van der Waals surface area contributed by atoms with E-state index in [0.29, 0.717) is 30.2 Å². The highest BCUT2D eigenvalue weighted by Crippen LogP contribution is 2.35. The van der Waals surface area contributed by atoms with Gasteiger partial charge in [-0.15, -0.1) is 0 Å². The van der Waals surface area contributed by atoms with Gasteiger partial charge in [0, 0.05) is 23.4 Å². The molecule has 1 aromatic heterocycles. The number of carbonyl (C=O) groups excluding carboxylic acids is 2. The van der Waals surface area contributed by atoms with Crippen molar-refractivity contribution >= 4 is 49.1 Å². The van der Waals surface area contributed by atoms with Gasteiger partial charge in [0.1, 0.15) is 19.8 Å². The third kappa shape index (κ3) is 5.20. The Morgan fingerprint density at radius 1 is 1.03 bits per heavy atom. The van der Waals surface area contributed by atoms with Crippen LogP contribution >= 0.6 is 11.3 Å². The molecule has 1 aliphatic rings. The molecule has 0 saturated carbocycles. The normalized spacial score (nSPS) is 13.4. The Morgan fingerprint density at radius 3 is 2.49 bits per heavy atom. The van der Waals surface area contributed by atoms with Crippen LogP contribution in [0, 0.1) is 0 Å². The van der Waals surface area contributed by atoms with E-state index in [1.807, 2.05) is 0 Å². The van der Waals surface area contributed by atoms with Crippen molar-refractivity contribution in [2.24, 2.45) is 4.99 Å². The number of rotatable bonds is 6. The Hall–Kier alpha value is -4.16. The highest BCUT2D eigenvalue weighted by Gasteiger charge is 2.19. The highest BCUT2D eigenvalue weighted by molar-refractivity contribution is 7.92. The first-order valence-corrected chi connectivity index (χ1v) is 13.4. The number of carbonyl (C=O) groups is 2. The van der Waals surface area contributed by atoms with Gasteiger partial charge in [0.15, 0.2) is 16.3 Å². The van der Waals surface area contributed by atoms with Gasteiger partial charge in [0.05, 0.1) is 22.2 Å². The van der Waals surface area contributed by atoms with Crippen molar-refractivity contribution < 1.29 is 32.2 Å². The van der Waals surface area contributed by atoms with E-state index >= 15 is 0 Å². The molecule has 0 aliphatic carbocycles. The maximum Gasteiger partial charge on any atom is 0.325 e. The molecule has 0 bridgehead atoms. The Balaban J connectivity index is 1.51. The summed E-state index contributed by atoms with van der Waals surface area (Å²) >= 11 is 1.20. The van der Waals surface area contributed by atoms with Crippen LogP contribution in [0.1, 0.15) is 10.4 Å². The highest BCUT2D eigenvalue weighted by atomic mass is 32.2. The van der Waals surface area contributed by atoms with Crippen molar-refractivity contribution in [3.63, 3.8) is 0 Å². The SMILES string of the molecule is COC(=O)Cn1c(=NC(=O)c2cccc(NS(=O)(=O)c3ccccc3)c2)sc2cc3c(cc21)OCCO3. The van der Waals surface area contributed by atoms with Crippen LogP contribution in [0.15, 0.2) is 76.6 Å². The van der Waals surface area contributed by atoms with Gasteiger partial charge in [-0.05, 0) is 30.3 Å². The monoisotopic (exact) mass is 539 g/mol. The molecule has 5 rings (SSSR count). The Kier molecular flexibility index (Phi) is 6.68. The predicted octanol–water partition coefficient (Wildman–Crippen LogP) is 3.19. The molecule has 37 heavy (non-hydrogen) atoms.